The highest BCUT2D eigenvalue weighted by atomic mass is 32.2. The standard InChI is InChI=1S/C21H19N9O4S2/c31-13-22-25-15-7-9-16(10-8-15)26-36(33,34)19-6-2-5-18(12-19)24-20(32)23-17-4-1-3-14(11-17)21(35)27-29-30-28-21/h1-13,25-26,35H,(H,22,31)(H2,23,24,32). The zero-order valence-corrected chi connectivity index (χ0v) is 20.0. The summed E-state index contributed by atoms with van der Waals surface area (Å²) in [6, 6.07) is 18.1. The molecule has 36 heavy (non-hydrogen) atoms. The van der Waals surface area contributed by atoms with E-state index < -0.39 is 21.0 Å². The smallest absolute Gasteiger partial charge is 0.308 e. The minimum absolute atomic E-state index is 0.0545. The first-order valence-electron chi connectivity index (χ1n) is 10.2. The number of hydrogen-bond donors (Lipinski definition) is 6. The predicted molar refractivity (Wildman–Crippen MR) is 136 cm³/mol. The largest absolute Gasteiger partial charge is 0.323 e. The number of amides is 3. The van der Waals surface area contributed by atoms with Gasteiger partial charge < -0.3 is 10.6 Å². The molecule has 1 aliphatic heterocycles. The number of anilines is 4. The lowest BCUT2D eigenvalue weighted by Gasteiger charge is -2.15. The number of carbonyl (C=O) groups excluding carboxylic acids is 2. The summed E-state index contributed by atoms with van der Waals surface area (Å²) in [5.74, 6) is 0. The van der Waals surface area contributed by atoms with Crippen LogP contribution in [0.15, 0.2) is 98.4 Å². The van der Waals surface area contributed by atoms with Crippen LogP contribution in [0.25, 0.3) is 0 Å². The van der Waals surface area contributed by atoms with Gasteiger partial charge in [-0.1, -0.05) is 18.2 Å². The van der Waals surface area contributed by atoms with Crippen LogP contribution in [0, 0.1) is 0 Å². The SMILES string of the molecule is O=CNNc1ccc(NS(=O)(=O)c2cccc(NC(=O)Nc3cccc(C4(S)N=NN=N4)c3)c2)cc1. The average molecular weight is 526 g/mol. The van der Waals surface area contributed by atoms with Gasteiger partial charge in [0.1, 0.15) is 0 Å². The van der Waals surface area contributed by atoms with Gasteiger partial charge >= 0.3 is 6.03 Å². The minimum atomic E-state index is -3.94. The summed E-state index contributed by atoms with van der Waals surface area (Å²) in [6.07, 6.45) is 0.474. The Kier molecular flexibility index (Phi) is 7.12. The van der Waals surface area contributed by atoms with Crippen molar-refractivity contribution in [3.63, 3.8) is 0 Å². The van der Waals surface area contributed by atoms with Crippen LogP contribution in [0.2, 0.25) is 0 Å². The molecule has 0 radical (unpaired) electrons. The van der Waals surface area contributed by atoms with Crippen molar-refractivity contribution < 1.29 is 18.0 Å². The Morgan fingerprint density at radius 1 is 0.833 bits per heavy atom. The summed E-state index contributed by atoms with van der Waals surface area (Å²) < 4.78 is 28.1. The van der Waals surface area contributed by atoms with Crippen LogP contribution in [-0.4, -0.2) is 20.9 Å². The fraction of sp³-hybridized carbons (Fsp3) is 0.0476. The van der Waals surface area contributed by atoms with E-state index in [-0.39, 0.29) is 10.6 Å². The number of hydrazine groups is 1. The van der Waals surface area contributed by atoms with Crippen LogP contribution < -0.4 is 26.2 Å². The predicted octanol–water partition coefficient (Wildman–Crippen LogP) is 4.08. The summed E-state index contributed by atoms with van der Waals surface area (Å²) >= 11 is 4.35. The van der Waals surface area contributed by atoms with Gasteiger partial charge in [-0.25, -0.2) is 13.2 Å². The number of carbonyl (C=O) groups is 2. The second-order valence-electron chi connectivity index (χ2n) is 7.27. The second-order valence-corrected chi connectivity index (χ2v) is 9.58. The molecule has 15 heteroatoms. The Morgan fingerprint density at radius 3 is 2.11 bits per heavy atom. The van der Waals surface area contributed by atoms with Crippen molar-refractivity contribution >= 4 is 57.8 Å². The lowest BCUT2D eigenvalue weighted by atomic mass is 10.1. The molecule has 0 spiro atoms. The van der Waals surface area contributed by atoms with Crippen molar-refractivity contribution in [3.05, 3.63) is 78.4 Å². The number of urea groups is 1. The third-order valence-corrected chi connectivity index (χ3v) is 6.55. The van der Waals surface area contributed by atoms with Gasteiger partial charge in [0.05, 0.1) is 10.6 Å². The summed E-state index contributed by atoms with van der Waals surface area (Å²) in [7, 11) is -3.94. The van der Waals surface area contributed by atoms with Crippen LogP contribution in [0.4, 0.5) is 27.5 Å². The molecule has 0 aromatic heterocycles. The van der Waals surface area contributed by atoms with Gasteiger partial charge in [0, 0.05) is 22.6 Å². The summed E-state index contributed by atoms with van der Waals surface area (Å²) in [4.78, 5) is 21.6. The average Bonchev–Trinajstić information content (AvgIpc) is 3.31. The van der Waals surface area contributed by atoms with Gasteiger partial charge in [0.2, 0.25) is 6.41 Å². The van der Waals surface area contributed by atoms with E-state index in [0.717, 1.165) is 0 Å². The molecular weight excluding hydrogens is 506 g/mol. The number of sulfonamides is 1. The normalized spacial score (nSPS) is 13.6. The van der Waals surface area contributed by atoms with Crippen molar-refractivity contribution in [3.8, 4) is 0 Å². The molecule has 13 nitrogen and oxygen atoms in total. The third-order valence-electron chi connectivity index (χ3n) is 4.73. The molecule has 0 unspecified atom stereocenters. The second kappa shape index (κ2) is 10.4. The van der Waals surface area contributed by atoms with E-state index in [1.54, 1.807) is 42.5 Å². The number of nitrogens with zero attached hydrogens (tertiary/aromatic N) is 4. The molecule has 0 saturated carbocycles. The lowest BCUT2D eigenvalue weighted by Crippen LogP contribution is -2.20. The Morgan fingerprint density at radius 2 is 1.44 bits per heavy atom. The molecular formula is C21H19N9O4S2. The molecule has 5 N–H and O–H groups in total. The molecule has 184 valence electrons. The molecule has 3 aromatic carbocycles. The van der Waals surface area contributed by atoms with Gasteiger partial charge in [-0.15, -0.1) is 22.9 Å². The van der Waals surface area contributed by atoms with E-state index in [9.17, 15) is 18.0 Å². The zero-order valence-electron chi connectivity index (χ0n) is 18.3. The number of hydrogen-bond acceptors (Lipinski definition) is 10. The topological polar surface area (TPSA) is 178 Å². The van der Waals surface area contributed by atoms with E-state index in [2.05, 4.69) is 59.5 Å². The molecule has 3 aromatic rings. The first-order valence-corrected chi connectivity index (χ1v) is 12.1. The lowest BCUT2D eigenvalue weighted by molar-refractivity contribution is -0.109. The van der Waals surface area contributed by atoms with Crippen molar-refractivity contribution in [2.24, 2.45) is 20.7 Å². The molecule has 0 atom stereocenters. The number of nitrogens with one attached hydrogen (secondary N) is 5. The van der Waals surface area contributed by atoms with Crippen LogP contribution in [0.3, 0.4) is 0 Å². The minimum Gasteiger partial charge on any atom is -0.308 e. The van der Waals surface area contributed by atoms with Crippen molar-refractivity contribution in [2.45, 2.75) is 9.89 Å². The Balaban J connectivity index is 1.41. The fourth-order valence-electron chi connectivity index (χ4n) is 3.09. The maximum atomic E-state index is 12.8. The number of rotatable bonds is 9. The molecule has 1 heterocycles. The van der Waals surface area contributed by atoms with E-state index in [1.807, 2.05) is 0 Å². The molecule has 4 rings (SSSR count). The zero-order chi connectivity index (χ0) is 25.6. The van der Waals surface area contributed by atoms with Gasteiger partial charge in [0.25, 0.3) is 15.0 Å². The molecule has 0 bridgehead atoms. The molecule has 3 amide bonds. The van der Waals surface area contributed by atoms with Gasteiger partial charge in [-0.2, -0.15) is 0 Å². The Hall–Kier alpha value is -4.50. The van der Waals surface area contributed by atoms with Gasteiger partial charge in [0.15, 0.2) is 0 Å². The Bertz CT molecular complexity index is 1430. The molecule has 0 saturated heterocycles. The third kappa shape index (κ3) is 5.94. The van der Waals surface area contributed by atoms with Crippen LogP contribution in [0.1, 0.15) is 5.56 Å². The first-order chi connectivity index (χ1) is 17.3. The quantitative estimate of drug-likeness (QED) is 0.140. The molecule has 0 aliphatic carbocycles. The Labute approximate surface area is 210 Å². The highest BCUT2D eigenvalue weighted by Gasteiger charge is 2.31. The van der Waals surface area contributed by atoms with Crippen molar-refractivity contribution in [1.29, 1.82) is 0 Å². The van der Waals surface area contributed by atoms with Crippen LogP contribution in [0.5, 0.6) is 0 Å². The van der Waals surface area contributed by atoms with E-state index >= 15 is 0 Å². The van der Waals surface area contributed by atoms with Gasteiger partial charge in [-0.3, -0.25) is 20.4 Å². The summed E-state index contributed by atoms with van der Waals surface area (Å²) in [5, 5.41) is 19.9. The van der Waals surface area contributed by atoms with E-state index in [0.29, 0.717) is 29.0 Å². The number of benzene rings is 3. The van der Waals surface area contributed by atoms with Crippen LogP contribution >= 0.6 is 12.6 Å². The number of thiol groups is 1. The van der Waals surface area contributed by atoms with Gasteiger partial charge in [-0.05, 0) is 65.0 Å². The molecule has 0 fully saturated rings. The highest BCUT2D eigenvalue weighted by Crippen LogP contribution is 2.36. The monoisotopic (exact) mass is 525 g/mol. The highest BCUT2D eigenvalue weighted by molar-refractivity contribution is 7.92. The van der Waals surface area contributed by atoms with Crippen molar-refractivity contribution in [2.75, 3.05) is 20.8 Å². The first kappa shape index (κ1) is 24.6. The molecule has 1 aliphatic rings. The summed E-state index contributed by atoms with van der Waals surface area (Å²) in [6.45, 7) is 0. The van der Waals surface area contributed by atoms with E-state index in [4.69, 9.17) is 0 Å². The van der Waals surface area contributed by atoms with Crippen LogP contribution in [-0.2, 0) is 19.8 Å². The fourth-order valence-corrected chi connectivity index (χ4v) is 4.41. The van der Waals surface area contributed by atoms with E-state index in [1.165, 1.54) is 30.3 Å². The maximum Gasteiger partial charge on any atom is 0.323 e. The summed E-state index contributed by atoms with van der Waals surface area (Å²) in [5.41, 5.74) is 7.02. The van der Waals surface area contributed by atoms with Crippen molar-refractivity contribution in [1.82, 2.24) is 5.43 Å². The maximum absolute atomic E-state index is 12.8.